The average molecular weight is 312 g/mol. The van der Waals surface area contributed by atoms with E-state index in [1.165, 1.54) is 23.1 Å². The molecule has 0 aliphatic rings. The van der Waals surface area contributed by atoms with Crippen molar-refractivity contribution in [3.63, 3.8) is 0 Å². The molecule has 0 atom stereocenters. The molecule has 7 heteroatoms. The number of benzene rings is 1. The molecule has 0 aliphatic carbocycles. The van der Waals surface area contributed by atoms with Crippen LogP contribution >= 0.6 is 11.6 Å². The van der Waals surface area contributed by atoms with E-state index in [4.69, 9.17) is 16.1 Å². The van der Waals surface area contributed by atoms with Crippen LogP contribution in [0.5, 0.6) is 0 Å². The molecule has 0 saturated carbocycles. The normalized spacial score (nSPS) is 10.5. The van der Waals surface area contributed by atoms with Crippen molar-refractivity contribution in [2.24, 2.45) is 0 Å². The van der Waals surface area contributed by atoms with Gasteiger partial charge < -0.3 is 14.7 Å². The molecule has 0 unspecified atom stereocenters. The molecular weight excluding hydrogens is 297 g/mol. The van der Waals surface area contributed by atoms with Gasteiger partial charge in [0.1, 0.15) is 11.6 Å². The second kappa shape index (κ2) is 6.13. The molecule has 112 valence electrons. The highest BCUT2D eigenvalue weighted by atomic mass is 35.5. The third-order valence-corrected chi connectivity index (χ3v) is 3.33. The zero-order chi connectivity index (χ0) is 15.6. The van der Waals surface area contributed by atoms with Crippen LogP contribution in [0.2, 0.25) is 5.02 Å². The van der Waals surface area contributed by atoms with E-state index < -0.39 is 11.8 Å². The van der Waals surface area contributed by atoms with Crippen LogP contribution in [0.15, 0.2) is 22.7 Å². The van der Waals surface area contributed by atoms with E-state index in [2.05, 4.69) is 10.5 Å². The van der Waals surface area contributed by atoms with Crippen molar-refractivity contribution in [3.05, 3.63) is 46.1 Å². The Balaban J connectivity index is 2.08. The lowest BCUT2D eigenvalue weighted by atomic mass is 10.2. The van der Waals surface area contributed by atoms with Gasteiger partial charge in [0.15, 0.2) is 0 Å². The highest BCUT2D eigenvalue weighted by molar-refractivity contribution is 6.30. The van der Waals surface area contributed by atoms with Crippen molar-refractivity contribution in [2.75, 3.05) is 12.4 Å². The van der Waals surface area contributed by atoms with Crippen LogP contribution in [0.3, 0.4) is 0 Å². The van der Waals surface area contributed by atoms with Gasteiger partial charge in [-0.3, -0.25) is 0 Å². The molecule has 21 heavy (non-hydrogen) atoms. The fraction of sp³-hybridized carbons (Fsp3) is 0.286. The predicted molar refractivity (Wildman–Crippen MR) is 77.9 cm³/mol. The van der Waals surface area contributed by atoms with Crippen molar-refractivity contribution < 1.29 is 13.7 Å². The maximum absolute atomic E-state index is 13.6. The number of nitrogens with zero attached hydrogens (tertiary/aromatic N) is 2. The van der Waals surface area contributed by atoms with Crippen LogP contribution < -0.4 is 5.32 Å². The SMILES string of the molecule is Cc1noc(C)c1CN(C)C(=O)Nc1cc(Cl)ccc1F. The maximum atomic E-state index is 13.6. The smallest absolute Gasteiger partial charge is 0.321 e. The van der Waals surface area contributed by atoms with E-state index >= 15 is 0 Å². The number of hydrogen-bond donors (Lipinski definition) is 1. The van der Waals surface area contributed by atoms with Gasteiger partial charge in [-0.2, -0.15) is 0 Å². The first-order valence-corrected chi connectivity index (χ1v) is 6.65. The first-order chi connectivity index (χ1) is 9.88. The number of amides is 2. The third kappa shape index (κ3) is 3.52. The molecule has 2 amide bonds. The largest absolute Gasteiger partial charge is 0.361 e. The number of urea groups is 1. The number of aromatic nitrogens is 1. The van der Waals surface area contributed by atoms with Gasteiger partial charge in [-0.1, -0.05) is 16.8 Å². The summed E-state index contributed by atoms with van der Waals surface area (Å²) in [7, 11) is 1.60. The third-order valence-electron chi connectivity index (χ3n) is 3.09. The first-order valence-electron chi connectivity index (χ1n) is 6.27. The van der Waals surface area contributed by atoms with E-state index in [0.717, 1.165) is 11.3 Å². The van der Waals surface area contributed by atoms with Crippen molar-refractivity contribution in [1.29, 1.82) is 0 Å². The zero-order valence-electron chi connectivity index (χ0n) is 11.9. The van der Waals surface area contributed by atoms with Gasteiger partial charge in [0.2, 0.25) is 0 Å². The Morgan fingerprint density at radius 1 is 1.48 bits per heavy atom. The van der Waals surface area contributed by atoms with Crippen LogP contribution in [0.1, 0.15) is 17.0 Å². The van der Waals surface area contributed by atoms with Gasteiger partial charge in [0.05, 0.1) is 17.9 Å². The summed E-state index contributed by atoms with van der Waals surface area (Å²) in [6.07, 6.45) is 0. The van der Waals surface area contributed by atoms with Gasteiger partial charge >= 0.3 is 6.03 Å². The summed E-state index contributed by atoms with van der Waals surface area (Å²) in [6, 6.07) is 3.53. The zero-order valence-corrected chi connectivity index (χ0v) is 12.7. The molecule has 2 aromatic rings. The lowest BCUT2D eigenvalue weighted by Crippen LogP contribution is -2.31. The summed E-state index contributed by atoms with van der Waals surface area (Å²) in [5.74, 6) is 0.111. The first kappa shape index (κ1) is 15.3. The van der Waals surface area contributed by atoms with Crippen LogP contribution in [-0.4, -0.2) is 23.1 Å². The monoisotopic (exact) mass is 311 g/mol. The van der Waals surface area contributed by atoms with Crippen molar-refractivity contribution in [3.8, 4) is 0 Å². The predicted octanol–water partition coefficient (Wildman–Crippen LogP) is 3.75. The molecule has 0 fully saturated rings. The van der Waals surface area contributed by atoms with E-state index in [-0.39, 0.29) is 5.69 Å². The van der Waals surface area contributed by atoms with Crippen molar-refractivity contribution in [1.82, 2.24) is 10.1 Å². The Hall–Kier alpha value is -2.08. The van der Waals surface area contributed by atoms with Gasteiger partial charge in [0.25, 0.3) is 0 Å². The molecule has 1 aromatic heterocycles. The van der Waals surface area contributed by atoms with Gasteiger partial charge in [-0.25, -0.2) is 9.18 Å². The maximum Gasteiger partial charge on any atom is 0.321 e. The highest BCUT2D eigenvalue weighted by Crippen LogP contribution is 2.20. The Bertz CT molecular complexity index is 653. The topological polar surface area (TPSA) is 58.4 Å². The number of anilines is 1. The molecule has 1 aromatic carbocycles. The van der Waals surface area contributed by atoms with E-state index in [1.54, 1.807) is 20.9 Å². The fourth-order valence-electron chi connectivity index (χ4n) is 1.84. The van der Waals surface area contributed by atoms with E-state index in [1.807, 2.05) is 0 Å². The van der Waals surface area contributed by atoms with Crippen LogP contribution in [-0.2, 0) is 6.54 Å². The number of aryl methyl sites for hydroxylation is 2. The Morgan fingerprint density at radius 3 is 2.81 bits per heavy atom. The number of rotatable bonds is 3. The molecule has 0 bridgehead atoms. The minimum absolute atomic E-state index is 0.0399. The highest BCUT2D eigenvalue weighted by Gasteiger charge is 2.16. The molecule has 1 heterocycles. The Kier molecular flexibility index (Phi) is 4.47. The molecule has 0 radical (unpaired) electrons. The lowest BCUT2D eigenvalue weighted by Gasteiger charge is -2.18. The van der Waals surface area contributed by atoms with Crippen LogP contribution in [0, 0.1) is 19.7 Å². The van der Waals surface area contributed by atoms with Crippen LogP contribution in [0.25, 0.3) is 0 Å². The molecular formula is C14H15ClFN3O2. The van der Waals surface area contributed by atoms with Gasteiger partial charge in [-0.15, -0.1) is 0 Å². The second-order valence-corrected chi connectivity index (χ2v) is 5.15. The summed E-state index contributed by atoms with van der Waals surface area (Å²) >= 11 is 5.78. The second-order valence-electron chi connectivity index (χ2n) is 4.71. The summed E-state index contributed by atoms with van der Waals surface area (Å²) in [4.78, 5) is 13.5. The van der Waals surface area contributed by atoms with Gasteiger partial charge in [0, 0.05) is 17.6 Å². The van der Waals surface area contributed by atoms with Gasteiger partial charge in [-0.05, 0) is 32.0 Å². The standard InChI is InChI=1S/C14H15ClFN3O2/c1-8-11(9(2)21-18-8)7-19(3)14(20)17-13-6-10(15)4-5-12(13)16/h4-6H,7H2,1-3H3,(H,17,20). The summed E-state index contributed by atoms with van der Waals surface area (Å²) in [5, 5.41) is 6.65. The quantitative estimate of drug-likeness (QED) is 0.939. The molecule has 0 aliphatic heterocycles. The number of carbonyl (C=O) groups is 1. The van der Waals surface area contributed by atoms with Crippen molar-refractivity contribution >= 4 is 23.3 Å². The molecule has 1 N–H and O–H groups in total. The van der Waals surface area contributed by atoms with E-state index in [9.17, 15) is 9.18 Å². The number of nitrogens with one attached hydrogen (secondary N) is 1. The fourth-order valence-corrected chi connectivity index (χ4v) is 2.01. The van der Waals surface area contributed by atoms with Crippen molar-refractivity contribution in [2.45, 2.75) is 20.4 Å². The minimum atomic E-state index is -0.543. The minimum Gasteiger partial charge on any atom is -0.361 e. The Labute approximate surface area is 126 Å². The number of carbonyl (C=O) groups excluding carboxylic acids is 1. The summed E-state index contributed by atoms with van der Waals surface area (Å²) in [6.45, 7) is 3.89. The average Bonchev–Trinajstić information content (AvgIpc) is 2.74. The summed E-state index contributed by atoms with van der Waals surface area (Å²) < 4.78 is 18.6. The molecule has 2 rings (SSSR count). The number of halogens is 2. The van der Waals surface area contributed by atoms with Crippen LogP contribution in [0.4, 0.5) is 14.9 Å². The molecule has 5 nitrogen and oxygen atoms in total. The molecule has 0 saturated heterocycles. The molecule has 0 spiro atoms. The van der Waals surface area contributed by atoms with E-state index in [0.29, 0.717) is 17.3 Å². The summed E-state index contributed by atoms with van der Waals surface area (Å²) in [5.41, 5.74) is 1.60. The number of hydrogen-bond acceptors (Lipinski definition) is 3. The lowest BCUT2D eigenvalue weighted by molar-refractivity contribution is 0.220. The Morgan fingerprint density at radius 2 is 2.19 bits per heavy atom.